The number of nitrogens with two attached hydrogens (primary N) is 1. The van der Waals surface area contributed by atoms with Gasteiger partial charge in [0.05, 0.1) is 17.6 Å². The molecule has 0 aliphatic heterocycles. The number of alkyl halides is 3. The monoisotopic (exact) mass is 324 g/mol. The Hall–Kier alpha value is -1.27. The van der Waals surface area contributed by atoms with Crippen molar-refractivity contribution in [1.29, 1.82) is 0 Å². The summed E-state index contributed by atoms with van der Waals surface area (Å²) in [7, 11) is 0. The first-order valence-corrected chi connectivity index (χ1v) is 6.41. The van der Waals surface area contributed by atoms with E-state index in [0.717, 1.165) is 12.1 Å². The van der Waals surface area contributed by atoms with E-state index in [1.54, 1.807) is 26.8 Å². The van der Waals surface area contributed by atoms with Gasteiger partial charge in [-0.3, -0.25) is 4.79 Å². The third-order valence-electron chi connectivity index (χ3n) is 3.18. The van der Waals surface area contributed by atoms with E-state index in [1.807, 2.05) is 0 Å². The van der Waals surface area contributed by atoms with Crippen LogP contribution in [0.1, 0.15) is 37.9 Å². The number of amides is 1. The molecule has 0 radical (unpaired) electrons. The standard InChI is InChI=1S/C14H19F3N2O.ClH/c1-4-19(13(20)9(2)18)10(3)11-6-5-7-12(8-11)14(15,16)17;/h5-10H,4,18H2,1-3H3;1H/t9-,10?;/m0./s1. The first kappa shape index (κ1) is 19.7. The fraction of sp³-hybridized carbons (Fsp3) is 0.500. The van der Waals surface area contributed by atoms with Gasteiger partial charge in [-0.25, -0.2) is 0 Å². The number of carbonyl (C=O) groups excluding carboxylic acids is 1. The van der Waals surface area contributed by atoms with Gasteiger partial charge >= 0.3 is 6.18 Å². The highest BCUT2D eigenvalue weighted by atomic mass is 35.5. The highest BCUT2D eigenvalue weighted by Crippen LogP contribution is 2.31. The molecular formula is C14H20ClF3N2O. The van der Waals surface area contributed by atoms with Crippen molar-refractivity contribution >= 4 is 18.3 Å². The van der Waals surface area contributed by atoms with Crippen LogP contribution in [0.15, 0.2) is 24.3 Å². The van der Waals surface area contributed by atoms with Gasteiger partial charge in [-0.05, 0) is 38.5 Å². The van der Waals surface area contributed by atoms with E-state index >= 15 is 0 Å². The number of nitrogens with zero attached hydrogens (tertiary/aromatic N) is 1. The number of hydrogen-bond acceptors (Lipinski definition) is 2. The van der Waals surface area contributed by atoms with Crippen LogP contribution in [0.2, 0.25) is 0 Å². The molecule has 0 bridgehead atoms. The maximum atomic E-state index is 12.7. The van der Waals surface area contributed by atoms with Gasteiger partial charge in [-0.2, -0.15) is 13.2 Å². The molecule has 0 aliphatic rings. The van der Waals surface area contributed by atoms with Crippen LogP contribution in [0.3, 0.4) is 0 Å². The zero-order valence-electron chi connectivity index (χ0n) is 12.1. The minimum atomic E-state index is -4.39. The minimum absolute atomic E-state index is 0. The summed E-state index contributed by atoms with van der Waals surface area (Å²) in [6.45, 7) is 5.41. The predicted octanol–water partition coefficient (Wildman–Crippen LogP) is 3.38. The molecule has 1 aromatic carbocycles. The van der Waals surface area contributed by atoms with Crippen molar-refractivity contribution in [2.24, 2.45) is 5.73 Å². The van der Waals surface area contributed by atoms with Gasteiger partial charge in [0.25, 0.3) is 0 Å². The Balaban J connectivity index is 0.00000400. The molecule has 0 heterocycles. The molecule has 21 heavy (non-hydrogen) atoms. The number of likely N-dealkylation sites (N-methyl/N-ethyl adjacent to an activating group) is 1. The second-order valence-corrected chi connectivity index (χ2v) is 4.71. The molecule has 7 heteroatoms. The van der Waals surface area contributed by atoms with Crippen LogP contribution in [0.5, 0.6) is 0 Å². The molecule has 0 spiro atoms. The smallest absolute Gasteiger partial charge is 0.335 e. The minimum Gasteiger partial charge on any atom is -0.335 e. The molecule has 1 unspecified atom stereocenters. The normalized spacial score (nSPS) is 14.0. The van der Waals surface area contributed by atoms with Gasteiger partial charge in [-0.15, -0.1) is 12.4 Å². The molecule has 1 amide bonds. The van der Waals surface area contributed by atoms with Crippen molar-refractivity contribution in [2.75, 3.05) is 6.54 Å². The number of rotatable bonds is 4. The second kappa shape index (κ2) is 7.66. The van der Waals surface area contributed by atoms with Crippen molar-refractivity contribution in [3.05, 3.63) is 35.4 Å². The Kier molecular flexibility index (Phi) is 7.19. The lowest BCUT2D eigenvalue weighted by atomic mass is 10.0. The van der Waals surface area contributed by atoms with Crippen LogP contribution < -0.4 is 5.73 Å². The Morgan fingerprint density at radius 3 is 2.33 bits per heavy atom. The fourth-order valence-corrected chi connectivity index (χ4v) is 2.04. The molecule has 1 rings (SSSR count). The van der Waals surface area contributed by atoms with E-state index in [0.29, 0.717) is 12.1 Å². The van der Waals surface area contributed by atoms with E-state index in [-0.39, 0.29) is 18.3 Å². The van der Waals surface area contributed by atoms with Gasteiger partial charge in [0.2, 0.25) is 5.91 Å². The van der Waals surface area contributed by atoms with E-state index in [4.69, 9.17) is 5.73 Å². The molecule has 0 aromatic heterocycles. The summed E-state index contributed by atoms with van der Waals surface area (Å²) >= 11 is 0. The van der Waals surface area contributed by atoms with Crippen LogP contribution in [-0.2, 0) is 11.0 Å². The average Bonchev–Trinajstić information content (AvgIpc) is 2.38. The lowest BCUT2D eigenvalue weighted by Gasteiger charge is -2.30. The molecular weight excluding hydrogens is 305 g/mol. The van der Waals surface area contributed by atoms with E-state index in [9.17, 15) is 18.0 Å². The van der Waals surface area contributed by atoms with E-state index in [1.165, 1.54) is 11.0 Å². The molecule has 2 atom stereocenters. The molecule has 0 saturated heterocycles. The van der Waals surface area contributed by atoms with E-state index < -0.39 is 23.8 Å². The fourth-order valence-electron chi connectivity index (χ4n) is 2.04. The van der Waals surface area contributed by atoms with Gasteiger partial charge < -0.3 is 10.6 Å². The summed E-state index contributed by atoms with van der Waals surface area (Å²) in [6, 6.07) is 3.88. The highest BCUT2D eigenvalue weighted by Gasteiger charge is 2.31. The largest absolute Gasteiger partial charge is 0.416 e. The zero-order chi connectivity index (χ0) is 15.5. The summed E-state index contributed by atoms with van der Waals surface area (Å²) in [5.74, 6) is -0.280. The van der Waals surface area contributed by atoms with Crippen LogP contribution in [0, 0.1) is 0 Å². The predicted molar refractivity (Wildman–Crippen MR) is 78.1 cm³/mol. The van der Waals surface area contributed by atoms with Crippen molar-refractivity contribution in [1.82, 2.24) is 4.90 Å². The van der Waals surface area contributed by atoms with Gasteiger partial charge in [0.1, 0.15) is 0 Å². The quantitative estimate of drug-likeness (QED) is 0.923. The number of hydrogen-bond donors (Lipinski definition) is 1. The first-order chi connectivity index (χ1) is 9.18. The summed E-state index contributed by atoms with van der Waals surface area (Å²) in [4.78, 5) is 13.4. The lowest BCUT2D eigenvalue weighted by Crippen LogP contribution is -2.43. The molecule has 0 aliphatic carbocycles. The van der Waals surface area contributed by atoms with Gasteiger partial charge in [-0.1, -0.05) is 12.1 Å². The maximum Gasteiger partial charge on any atom is 0.416 e. The third-order valence-corrected chi connectivity index (χ3v) is 3.18. The van der Waals surface area contributed by atoms with Crippen molar-refractivity contribution in [2.45, 2.75) is 39.0 Å². The van der Waals surface area contributed by atoms with Crippen LogP contribution in [0.4, 0.5) is 13.2 Å². The third kappa shape index (κ3) is 4.89. The van der Waals surface area contributed by atoms with Gasteiger partial charge in [0, 0.05) is 6.54 Å². The topological polar surface area (TPSA) is 46.3 Å². The maximum absolute atomic E-state index is 12.7. The lowest BCUT2D eigenvalue weighted by molar-refractivity contribution is -0.137. The van der Waals surface area contributed by atoms with Crippen LogP contribution in [-0.4, -0.2) is 23.4 Å². The van der Waals surface area contributed by atoms with Crippen molar-refractivity contribution < 1.29 is 18.0 Å². The zero-order valence-corrected chi connectivity index (χ0v) is 13.0. The molecule has 1 aromatic rings. The van der Waals surface area contributed by atoms with E-state index in [2.05, 4.69) is 0 Å². The first-order valence-electron chi connectivity index (χ1n) is 6.41. The van der Waals surface area contributed by atoms with Crippen molar-refractivity contribution in [3.63, 3.8) is 0 Å². The van der Waals surface area contributed by atoms with Crippen LogP contribution >= 0.6 is 12.4 Å². The summed E-state index contributed by atoms with van der Waals surface area (Å²) in [5, 5.41) is 0. The van der Waals surface area contributed by atoms with Crippen molar-refractivity contribution in [3.8, 4) is 0 Å². The number of halogens is 4. The average molecular weight is 325 g/mol. The number of carbonyl (C=O) groups is 1. The molecule has 0 saturated carbocycles. The second-order valence-electron chi connectivity index (χ2n) is 4.71. The highest BCUT2D eigenvalue weighted by molar-refractivity contribution is 5.85. The summed E-state index contributed by atoms with van der Waals surface area (Å²) < 4.78 is 38.1. The number of benzene rings is 1. The molecule has 120 valence electrons. The SMILES string of the molecule is CCN(C(=O)[C@H](C)N)C(C)c1cccc(C(F)(F)F)c1.Cl. The Morgan fingerprint density at radius 1 is 1.33 bits per heavy atom. The summed E-state index contributed by atoms with van der Waals surface area (Å²) in [6.07, 6.45) is -4.39. The molecule has 2 N–H and O–H groups in total. The molecule has 0 fully saturated rings. The Morgan fingerprint density at radius 2 is 1.90 bits per heavy atom. The Bertz CT molecular complexity index is 478. The summed E-state index contributed by atoms with van der Waals surface area (Å²) in [5.41, 5.74) is 5.28. The molecule has 3 nitrogen and oxygen atoms in total. The Labute approximate surface area is 128 Å². The van der Waals surface area contributed by atoms with Crippen LogP contribution in [0.25, 0.3) is 0 Å². The van der Waals surface area contributed by atoms with Gasteiger partial charge in [0.15, 0.2) is 0 Å².